The van der Waals surface area contributed by atoms with Crippen molar-refractivity contribution < 1.29 is 14.3 Å². The Hall–Kier alpha value is -2.82. The van der Waals surface area contributed by atoms with Crippen LogP contribution >= 0.6 is 0 Å². The Kier molecular flexibility index (Phi) is 6.91. The minimum Gasteiger partial charge on any atom is -0.481 e. The van der Waals surface area contributed by atoms with Gasteiger partial charge < -0.3 is 15.0 Å². The Morgan fingerprint density at radius 3 is 2.38 bits per heavy atom. The highest BCUT2D eigenvalue weighted by atomic mass is 16.5. The van der Waals surface area contributed by atoms with Crippen molar-refractivity contribution >= 4 is 17.5 Å². The average molecular weight is 395 g/mol. The number of aryl methyl sites for hydroxylation is 1. The van der Waals surface area contributed by atoms with Crippen molar-refractivity contribution in [3.8, 4) is 5.75 Å². The first kappa shape index (κ1) is 20.9. The molecule has 1 aliphatic rings. The molecule has 2 aromatic rings. The van der Waals surface area contributed by atoms with Gasteiger partial charge in [0.05, 0.1) is 11.3 Å². The number of nitrogens with one attached hydrogen (secondary N) is 1. The van der Waals surface area contributed by atoms with Gasteiger partial charge in [0.1, 0.15) is 5.75 Å². The molecule has 0 aromatic heterocycles. The van der Waals surface area contributed by atoms with E-state index in [2.05, 4.69) is 5.32 Å². The van der Waals surface area contributed by atoms with Crippen LogP contribution in [0.5, 0.6) is 5.75 Å². The van der Waals surface area contributed by atoms with Crippen LogP contribution in [0.25, 0.3) is 0 Å². The fourth-order valence-corrected chi connectivity index (χ4v) is 3.71. The van der Waals surface area contributed by atoms with Crippen molar-refractivity contribution in [1.29, 1.82) is 0 Å². The lowest BCUT2D eigenvalue weighted by Crippen LogP contribution is -2.39. The highest BCUT2D eigenvalue weighted by Gasteiger charge is 2.25. The van der Waals surface area contributed by atoms with Gasteiger partial charge in [-0.25, -0.2) is 0 Å². The van der Waals surface area contributed by atoms with E-state index in [9.17, 15) is 9.59 Å². The van der Waals surface area contributed by atoms with E-state index < -0.39 is 6.10 Å². The minimum atomic E-state index is -0.683. The second kappa shape index (κ2) is 9.59. The fourth-order valence-electron chi connectivity index (χ4n) is 3.71. The molecule has 1 fully saturated rings. The van der Waals surface area contributed by atoms with Gasteiger partial charge in [-0.15, -0.1) is 0 Å². The molecule has 0 heterocycles. The summed E-state index contributed by atoms with van der Waals surface area (Å²) in [5.74, 6) is 0.297. The molecule has 0 saturated heterocycles. The maximum absolute atomic E-state index is 13.1. The van der Waals surface area contributed by atoms with Crippen LogP contribution in [0, 0.1) is 6.92 Å². The van der Waals surface area contributed by atoms with Crippen LogP contribution in [0.15, 0.2) is 48.5 Å². The zero-order valence-electron chi connectivity index (χ0n) is 17.5. The summed E-state index contributed by atoms with van der Waals surface area (Å²) in [6.07, 6.45) is 4.96. The topological polar surface area (TPSA) is 58.6 Å². The molecule has 0 aliphatic heterocycles. The van der Waals surface area contributed by atoms with Crippen molar-refractivity contribution in [2.24, 2.45) is 0 Å². The Bertz CT molecular complexity index is 841. The number of amides is 2. The average Bonchev–Trinajstić information content (AvgIpc) is 2.75. The fraction of sp³-hybridized carbons (Fsp3) is 0.417. The highest BCUT2D eigenvalue weighted by molar-refractivity contribution is 6.04. The van der Waals surface area contributed by atoms with Crippen LogP contribution in [0.2, 0.25) is 0 Å². The number of hydrogen-bond acceptors (Lipinski definition) is 3. The highest BCUT2D eigenvalue weighted by Crippen LogP contribution is 2.25. The molecule has 154 valence electrons. The quantitative estimate of drug-likeness (QED) is 0.765. The van der Waals surface area contributed by atoms with Crippen molar-refractivity contribution in [2.75, 3.05) is 12.4 Å². The van der Waals surface area contributed by atoms with E-state index in [1.165, 1.54) is 6.42 Å². The predicted molar refractivity (Wildman–Crippen MR) is 115 cm³/mol. The molecule has 1 saturated carbocycles. The number of ether oxygens (including phenoxy) is 1. The van der Waals surface area contributed by atoms with Crippen molar-refractivity contribution in [3.63, 3.8) is 0 Å². The summed E-state index contributed by atoms with van der Waals surface area (Å²) >= 11 is 0. The van der Waals surface area contributed by atoms with Gasteiger partial charge >= 0.3 is 0 Å². The molecule has 1 atom stereocenters. The Morgan fingerprint density at radius 2 is 1.69 bits per heavy atom. The Labute approximate surface area is 173 Å². The predicted octanol–water partition coefficient (Wildman–Crippen LogP) is 4.81. The largest absolute Gasteiger partial charge is 0.481 e. The number of hydrogen-bond donors (Lipinski definition) is 1. The summed E-state index contributed by atoms with van der Waals surface area (Å²) < 4.78 is 5.74. The molecule has 0 bridgehead atoms. The zero-order valence-corrected chi connectivity index (χ0v) is 17.5. The lowest BCUT2D eigenvalue weighted by molar-refractivity contribution is -0.122. The molecule has 0 radical (unpaired) electrons. The van der Waals surface area contributed by atoms with Crippen LogP contribution in [0.4, 0.5) is 5.69 Å². The van der Waals surface area contributed by atoms with E-state index in [1.54, 1.807) is 19.1 Å². The Morgan fingerprint density at radius 1 is 1.03 bits per heavy atom. The van der Waals surface area contributed by atoms with E-state index in [0.717, 1.165) is 31.2 Å². The zero-order chi connectivity index (χ0) is 20.8. The van der Waals surface area contributed by atoms with Crippen LogP contribution in [0.3, 0.4) is 0 Å². The van der Waals surface area contributed by atoms with Gasteiger partial charge in [-0.2, -0.15) is 0 Å². The molecular weight excluding hydrogens is 364 g/mol. The van der Waals surface area contributed by atoms with Gasteiger partial charge in [0.25, 0.3) is 11.8 Å². The molecule has 5 nitrogen and oxygen atoms in total. The van der Waals surface area contributed by atoms with Gasteiger partial charge in [0, 0.05) is 13.1 Å². The van der Waals surface area contributed by atoms with Crippen LogP contribution in [-0.2, 0) is 4.79 Å². The van der Waals surface area contributed by atoms with Crippen molar-refractivity contribution in [3.05, 3.63) is 59.7 Å². The third-order valence-corrected chi connectivity index (χ3v) is 5.56. The normalized spacial score (nSPS) is 15.4. The second-order valence-corrected chi connectivity index (χ2v) is 7.82. The molecule has 29 heavy (non-hydrogen) atoms. The summed E-state index contributed by atoms with van der Waals surface area (Å²) in [6.45, 7) is 3.70. The number of anilines is 1. The first-order valence-electron chi connectivity index (χ1n) is 10.4. The number of benzene rings is 2. The molecule has 2 amide bonds. The standard InChI is InChI=1S/C24H30N2O3/c1-17-13-15-20(16-14-17)29-18(2)23(27)25-22-12-8-7-11-21(22)24(28)26(3)19-9-5-4-6-10-19/h7-8,11-16,18-19H,4-6,9-10H2,1-3H3,(H,25,27). The number of carbonyl (C=O) groups excluding carboxylic acids is 2. The van der Waals surface area contributed by atoms with Crippen molar-refractivity contribution in [1.82, 2.24) is 4.90 Å². The summed E-state index contributed by atoms with van der Waals surface area (Å²) in [5.41, 5.74) is 2.16. The van der Waals surface area contributed by atoms with E-state index in [-0.39, 0.29) is 17.9 Å². The number of carbonyl (C=O) groups is 2. The SMILES string of the molecule is Cc1ccc(OC(C)C(=O)Nc2ccccc2C(=O)N(C)C2CCCCC2)cc1. The molecule has 2 aromatic carbocycles. The van der Waals surface area contributed by atoms with E-state index in [4.69, 9.17) is 4.74 Å². The summed E-state index contributed by atoms with van der Waals surface area (Å²) in [4.78, 5) is 27.6. The second-order valence-electron chi connectivity index (χ2n) is 7.82. The first-order chi connectivity index (χ1) is 14.0. The van der Waals surface area contributed by atoms with Gasteiger partial charge in [0.2, 0.25) is 0 Å². The first-order valence-corrected chi connectivity index (χ1v) is 10.4. The van der Waals surface area contributed by atoms with Crippen LogP contribution in [0.1, 0.15) is 54.9 Å². The van der Waals surface area contributed by atoms with E-state index in [0.29, 0.717) is 17.0 Å². The van der Waals surface area contributed by atoms with Crippen molar-refractivity contribution in [2.45, 2.75) is 58.1 Å². The van der Waals surface area contributed by atoms with Gasteiger partial charge in [0.15, 0.2) is 6.10 Å². The molecular formula is C24H30N2O3. The summed E-state index contributed by atoms with van der Waals surface area (Å²) in [7, 11) is 1.86. The molecule has 0 spiro atoms. The van der Waals surface area contributed by atoms with Gasteiger partial charge in [-0.05, 0) is 51.0 Å². The summed E-state index contributed by atoms with van der Waals surface area (Å²) in [6, 6.07) is 15.0. The minimum absolute atomic E-state index is 0.0556. The summed E-state index contributed by atoms with van der Waals surface area (Å²) in [5, 5.41) is 2.87. The van der Waals surface area contributed by atoms with Gasteiger partial charge in [-0.3, -0.25) is 9.59 Å². The monoisotopic (exact) mass is 394 g/mol. The smallest absolute Gasteiger partial charge is 0.265 e. The third kappa shape index (κ3) is 5.37. The Balaban J connectivity index is 1.68. The third-order valence-electron chi connectivity index (χ3n) is 5.56. The molecule has 1 unspecified atom stereocenters. The molecule has 5 heteroatoms. The van der Waals surface area contributed by atoms with Gasteiger partial charge in [-0.1, -0.05) is 49.1 Å². The number of rotatable bonds is 6. The number of para-hydroxylation sites is 1. The molecule has 3 rings (SSSR count). The van der Waals surface area contributed by atoms with Crippen LogP contribution in [-0.4, -0.2) is 35.9 Å². The molecule has 1 N–H and O–H groups in total. The maximum atomic E-state index is 13.1. The van der Waals surface area contributed by atoms with E-state index in [1.807, 2.05) is 55.3 Å². The van der Waals surface area contributed by atoms with E-state index >= 15 is 0 Å². The lowest BCUT2D eigenvalue weighted by atomic mass is 9.94. The molecule has 1 aliphatic carbocycles. The maximum Gasteiger partial charge on any atom is 0.265 e. The lowest BCUT2D eigenvalue weighted by Gasteiger charge is -2.31. The van der Waals surface area contributed by atoms with Crippen LogP contribution < -0.4 is 10.1 Å². The number of nitrogens with zero attached hydrogens (tertiary/aromatic N) is 1.